The molecule has 0 saturated carbocycles. The number of anilines is 1. The van der Waals surface area contributed by atoms with Crippen LogP contribution in [0.4, 0.5) is 5.82 Å². The zero-order chi connectivity index (χ0) is 14.1. The van der Waals surface area contributed by atoms with Crippen LogP contribution in [0.5, 0.6) is 0 Å². The standard InChI is InChI=1S/C14H25N3OS/c1-5-11(4)10-19-14-8-12(15-6-2)16-13(17-14)9-18-7-3/h8,11H,5-7,9-10H2,1-4H3,(H,15,16,17). The molecule has 1 aromatic heterocycles. The summed E-state index contributed by atoms with van der Waals surface area (Å²) >= 11 is 1.79. The Balaban J connectivity index is 2.73. The lowest BCUT2D eigenvalue weighted by Crippen LogP contribution is -2.06. The molecule has 1 atom stereocenters. The molecule has 0 saturated heterocycles. The van der Waals surface area contributed by atoms with Gasteiger partial charge in [-0.3, -0.25) is 0 Å². The van der Waals surface area contributed by atoms with Crippen LogP contribution in [-0.2, 0) is 11.3 Å². The molecule has 0 aromatic carbocycles. The van der Waals surface area contributed by atoms with Gasteiger partial charge in [-0.25, -0.2) is 9.97 Å². The molecule has 1 N–H and O–H groups in total. The summed E-state index contributed by atoms with van der Waals surface area (Å²) in [6, 6.07) is 2.02. The Morgan fingerprint density at radius 1 is 1.32 bits per heavy atom. The Kier molecular flexibility index (Phi) is 7.82. The molecule has 0 fully saturated rings. The lowest BCUT2D eigenvalue weighted by molar-refractivity contribution is 0.128. The number of hydrogen-bond donors (Lipinski definition) is 1. The number of aromatic nitrogens is 2. The van der Waals surface area contributed by atoms with Gasteiger partial charge >= 0.3 is 0 Å². The molecular weight excluding hydrogens is 258 g/mol. The maximum absolute atomic E-state index is 5.39. The van der Waals surface area contributed by atoms with E-state index in [1.165, 1.54) is 6.42 Å². The third-order valence-electron chi connectivity index (χ3n) is 2.75. The molecule has 108 valence electrons. The minimum absolute atomic E-state index is 0.479. The van der Waals surface area contributed by atoms with E-state index in [4.69, 9.17) is 4.74 Å². The number of nitrogens with zero attached hydrogens (tertiary/aromatic N) is 2. The number of ether oxygens (including phenoxy) is 1. The van der Waals surface area contributed by atoms with Crippen LogP contribution in [0.2, 0.25) is 0 Å². The second kappa shape index (κ2) is 9.15. The third-order valence-corrected chi connectivity index (χ3v) is 4.00. The van der Waals surface area contributed by atoms with Crippen molar-refractivity contribution >= 4 is 17.6 Å². The second-order valence-electron chi connectivity index (χ2n) is 4.50. The van der Waals surface area contributed by atoms with Crippen molar-refractivity contribution in [1.82, 2.24) is 9.97 Å². The first-order valence-electron chi connectivity index (χ1n) is 7.01. The predicted molar refractivity (Wildman–Crippen MR) is 81.7 cm³/mol. The van der Waals surface area contributed by atoms with E-state index >= 15 is 0 Å². The Hall–Kier alpha value is -0.810. The zero-order valence-corrected chi connectivity index (χ0v) is 13.2. The molecular formula is C14H25N3OS. The van der Waals surface area contributed by atoms with Crippen molar-refractivity contribution in [3.8, 4) is 0 Å². The minimum Gasteiger partial charge on any atom is -0.374 e. The van der Waals surface area contributed by atoms with E-state index in [0.29, 0.717) is 19.1 Å². The number of thioether (sulfide) groups is 1. The molecule has 1 unspecified atom stereocenters. The third kappa shape index (κ3) is 6.25. The molecule has 0 spiro atoms. The smallest absolute Gasteiger partial charge is 0.157 e. The van der Waals surface area contributed by atoms with Crippen molar-refractivity contribution in [3.05, 3.63) is 11.9 Å². The van der Waals surface area contributed by atoms with Crippen molar-refractivity contribution in [2.75, 3.05) is 24.2 Å². The van der Waals surface area contributed by atoms with E-state index in [1.54, 1.807) is 11.8 Å². The molecule has 0 bridgehead atoms. The zero-order valence-electron chi connectivity index (χ0n) is 12.4. The highest BCUT2D eigenvalue weighted by atomic mass is 32.2. The Morgan fingerprint density at radius 2 is 2.11 bits per heavy atom. The summed E-state index contributed by atoms with van der Waals surface area (Å²) in [5.74, 6) is 3.44. The molecule has 1 heterocycles. The van der Waals surface area contributed by atoms with Gasteiger partial charge in [-0.2, -0.15) is 0 Å². The first-order chi connectivity index (χ1) is 9.19. The number of nitrogens with one attached hydrogen (secondary N) is 1. The Labute approximate surface area is 120 Å². The maximum Gasteiger partial charge on any atom is 0.157 e. The molecule has 0 aliphatic heterocycles. The van der Waals surface area contributed by atoms with Crippen molar-refractivity contribution in [2.45, 2.75) is 45.7 Å². The monoisotopic (exact) mass is 283 g/mol. The molecule has 1 rings (SSSR count). The summed E-state index contributed by atoms with van der Waals surface area (Å²) in [6.45, 7) is 10.6. The largest absolute Gasteiger partial charge is 0.374 e. The fourth-order valence-electron chi connectivity index (χ4n) is 1.42. The highest BCUT2D eigenvalue weighted by molar-refractivity contribution is 7.99. The topological polar surface area (TPSA) is 47.0 Å². The van der Waals surface area contributed by atoms with E-state index in [1.807, 2.05) is 13.0 Å². The van der Waals surface area contributed by atoms with E-state index < -0.39 is 0 Å². The Morgan fingerprint density at radius 3 is 2.74 bits per heavy atom. The van der Waals surface area contributed by atoms with E-state index in [9.17, 15) is 0 Å². The van der Waals surface area contributed by atoms with Crippen molar-refractivity contribution < 1.29 is 4.74 Å². The van der Waals surface area contributed by atoms with Gasteiger partial charge in [-0.05, 0) is 19.8 Å². The number of hydrogen-bond acceptors (Lipinski definition) is 5. The molecule has 1 aromatic rings. The summed E-state index contributed by atoms with van der Waals surface area (Å²) in [4.78, 5) is 8.99. The molecule has 19 heavy (non-hydrogen) atoms. The normalized spacial score (nSPS) is 12.4. The lowest BCUT2D eigenvalue weighted by Gasteiger charge is -2.10. The highest BCUT2D eigenvalue weighted by Gasteiger charge is 2.07. The van der Waals surface area contributed by atoms with Crippen molar-refractivity contribution in [1.29, 1.82) is 0 Å². The van der Waals surface area contributed by atoms with Crippen LogP contribution in [0, 0.1) is 5.92 Å². The average Bonchev–Trinajstić information content (AvgIpc) is 2.42. The van der Waals surface area contributed by atoms with Crippen LogP contribution in [0.3, 0.4) is 0 Å². The van der Waals surface area contributed by atoms with Crippen LogP contribution >= 0.6 is 11.8 Å². The summed E-state index contributed by atoms with van der Waals surface area (Å²) in [5, 5.41) is 4.28. The molecule has 5 heteroatoms. The maximum atomic E-state index is 5.39. The average molecular weight is 283 g/mol. The van der Waals surface area contributed by atoms with E-state index in [2.05, 4.69) is 36.1 Å². The summed E-state index contributed by atoms with van der Waals surface area (Å²) < 4.78 is 5.39. The fourth-order valence-corrected chi connectivity index (χ4v) is 2.48. The fraction of sp³-hybridized carbons (Fsp3) is 0.714. The quantitative estimate of drug-likeness (QED) is 0.554. The SMILES string of the molecule is CCNc1cc(SCC(C)CC)nc(COCC)n1. The molecule has 0 radical (unpaired) electrons. The van der Waals surface area contributed by atoms with Gasteiger partial charge in [-0.1, -0.05) is 20.3 Å². The van der Waals surface area contributed by atoms with Crippen LogP contribution in [-0.4, -0.2) is 28.9 Å². The van der Waals surface area contributed by atoms with E-state index in [-0.39, 0.29) is 0 Å². The predicted octanol–water partition coefficient (Wildman–Crippen LogP) is 3.58. The van der Waals surface area contributed by atoms with Gasteiger partial charge in [0.2, 0.25) is 0 Å². The van der Waals surface area contributed by atoms with Crippen LogP contribution in [0.25, 0.3) is 0 Å². The first kappa shape index (κ1) is 16.2. The van der Waals surface area contributed by atoms with Gasteiger partial charge in [0, 0.05) is 25.0 Å². The summed E-state index contributed by atoms with van der Waals surface area (Å²) in [6.07, 6.45) is 1.20. The highest BCUT2D eigenvalue weighted by Crippen LogP contribution is 2.22. The summed E-state index contributed by atoms with van der Waals surface area (Å²) in [7, 11) is 0. The first-order valence-corrected chi connectivity index (χ1v) is 8.00. The molecule has 4 nitrogen and oxygen atoms in total. The van der Waals surface area contributed by atoms with Gasteiger partial charge in [0.15, 0.2) is 5.82 Å². The second-order valence-corrected chi connectivity index (χ2v) is 5.54. The Bertz CT molecular complexity index is 374. The summed E-state index contributed by atoms with van der Waals surface area (Å²) in [5.41, 5.74) is 0. The minimum atomic E-state index is 0.479. The molecule has 0 aliphatic carbocycles. The van der Waals surface area contributed by atoms with Crippen LogP contribution in [0.15, 0.2) is 11.1 Å². The van der Waals surface area contributed by atoms with Gasteiger partial charge in [0.05, 0.1) is 0 Å². The van der Waals surface area contributed by atoms with Gasteiger partial charge in [-0.15, -0.1) is 11.8 Å². The van der Waals surface area contributed by atoms with Gasteiger partial charge in [0.1, 0.15) is 17.5 Å². The van der Waals surface area contributed by atoms with Gasteiger partial charge in [0.25, 0.3) is 0 Å². The number of rotatable bonds is 9. The van der Waals surface area contributed by atoms with Crippen molar-refractivity contribution in [2.24, 2.45) is 5.92 Å². The van der Waals surface area contributed by atoms with Crippen molar-refractivity contribution in [3.63, 3.8) is 0 Å². The van der Waals surface area contributed by atoms with Gasteiger partial charge < -0.3 is 10.1 Å². The van der Waals surface area contributed by atoms with Crippen LogP contribution < -0.4 is 5.32 Å². The molecule has 0 aliphatic rings. The lowest BCUT2D eigenvalue weighted by atomic mass is 10.2. The van der Waals surface area contributed by atoms with Crippen LogP contribution in [0.1, 0.15) is 39.9 Å². The van der Waals surface area contributed by atoms with E-state index in [0.717, 1.165) is 29.0 Å². The molecule has 0 amide bonds.